The molecule has 0 aromatic heterocycles. The zero-order valence-corrected chi connectivity index (χ0v) is 16.6. The number of unbranched alkanes of at least 4 members (excludes halogenated alkanes) is 2. The standard InChI is InChI=1S/2C10H14O2.Mg/c2*1-2-3-8-12-10-6-4-9(11)5-7-10;/h2*4-7,11H,2-3,8H2,1H3;/q;;+2/p-2. The second kappa shape index (κ2) is 14.7. The van der Waals surface area contributed by atoms with Crippen LogP contribution in [0.5, 0.6) is 23.0 Å². The van der Waals surface area contributed by atoms with Crippen LogP contribution in [-0.2, 0) is 0 Å². The van der Waals surface area contributed by atoms with Gasteiger partial charge in [-0.15, -0.1) is 11.5 Å². The van der Waals surface area contributed by atoms with Crippen LogP contribution < -0.4 is 19.7 Å². The second-order valence-electron chi connectivity index (χ2n) is 5.35. The van der Waals surface area contributed by atoms with E-state index in [1.54, 1.807) is 24.3 Å². The largest absolute Gasteiger partial charge is 2.00 e. The Morgan fingerprint density at radius 1 is 0.640 bits per heavy atom. The van der Waals surface area contributed by atoms with Crippen molar-refractivity contribution in [1.29, 1.82) is 0 Å². The van der Waals surface area contributed by atoms with E-state index in [1.165, 1.54) is 24.3 Å². The molecule has 2 aromatic rings. The Bertz CT molecular complexity index is 489. The van der Waals surface area contributed by atoms with Crippen LogP contribution in [0.25, 0.3) is 0 Å². The summed E-state index contributed by atoms with van der Waals surface area (Å²) in [5.74, 6) is 1.61. The molecule has 0 atom stereocenters. The van der Waals surface area contributed by atoms with Gasteiger partial charge in [-0.25, -0.2) is 0 Å². The minimum Gasteiger partial charge on any atom is -0.872 e. The van der Waals surface area contributed by atoms with Crippen molar-refractivity contribution in [1.82, 2.24) is 0 Å². The Labute approximate surface area is 166 Å². The predicted molar refractivity (Wildman–Crippen MR) is 98.3 cm³/mol. The minimum absolute atomic E-state index is 0. The summed E-state index contributed by atoms with van der Waals surface area (Å²) in [5.41, 5.74) is 0. The summed E-state index contributed by atoms with van der Waals surface area (Å²) in [5, 5.41) is 21.4. The third-order valence-corrected chi connectivity index (χ3v) is 3.18. The van der Waals surface area contributed by atoms with Crippen LogP contribution in [0.4, 0.5) is 0 Å². The molecule has 5 heteroatoms. The zero-order valence-electron chi connectivity index (χ0n) is 15.2. The van der Waals surface area contributed by atoms with Gasteiger partial charge in [-0.2, -0.15) is 0 Å². The van der Waals surface area contributed by atoms with E-state index in [-0.39, 0.29) is 34.6 Å². The van der Waals surface area contributed by atoms with Gasteiger partial charge in [-0.1, -0.05) is 51.0 Å². The van der Waals surface area contributed by atoms with E-state index in [1.807, 2.05) is 0 Å². The summed E-state index contributed by atoms with van der Waals surface area (Å²) in [7, 11) is 0. The molecule has 4 nitrogen and oxygen atoms in total. The first-order valence-electron chi connectivity index (χ1n) is 8.45. The van der Waals surface area contributed by atoms with E-state index in [2.05, 4.69) is 13.8 Å². The van der Waals surface area contributed by atoms with Crippen LogP contribution >= 0.6 is 0 Å². The zero-order chi connectivity index (χ0) is 17.6. The fourth-order valence-corrected chi connectivity index (χ4v) is 1.74. The maximum atomic E-state index is 10.7. The number of ether oxygens (including phenoxy) is 2. The van der Waals surface area contributed by atoms with Crippen molar-refractivity contribution >= 4 is 23.1 Å². The Morgan fingerprint density at radius 2 is 0.960 bits per heavy atom. The Morgan fingerprint density at radius 3 is 1.24 bits per heavy atom. The Kier molecular flexibility index (Phi) is 13.8. The molecule has 0 N–H and O–H groups in total. The Balaban J connectivity index is 0.000000443. The van der Waals surface area contributed by atoms with E-state index in [9.17, 15) is 10.2 Å². The van der Waals surface area contributed by atoms with Crippen molar-refractivity contribution in [3.05, 3.63) is 48.5 Å². The van der Waals surface area contributed by atoms with Gasteiger partial charge in [0.1, 0.15) is 11.5 Å². The summed E-state index contributed by atoms with van der Waals surface area (Å²) < 4.78 is 10.7. The van der Waals surface area contributed by atoms with E-state index < -0.39 is 0 Å². The Hall–Kier alpha value is -1.59. The maximum absolute atomic E-state index is 10.7. The van der Waals surface area contributed by atoms with Crippen LogP contribution in [0, 0.1) is 0 Å². The quantitative estimate of drug-likeness (QED) is 0.537. The molecule has 0 saturated heterocycles. The summed E-state index contributed by atoms with van der Waals surface area (Å²) in [6.07, 6.45) is 4.36. The van der Waals surface area contributed by atoms with Crippen LogP contribution in [0.2, 0.25) is 0 Å². The van der Waals surface area contributed by atoms with Crippen LogP contribution in [0.1, 0.15) is 39.5 Å². The summed E-state index contributed by atoms with van der Waals surface area (Å²) in [6, 6.07) is 12.9. The molecule has 0 bridgehead atoms. The molecule has 0 heterocycles. The number of hydrogen-bond donors (Lipinski definition) is 0. The SMILES string of the molecule is CCCCOc1ccc([O-])cc1.CCCCOc1ccc([O-])cc1.[Mg+2]. The molecule has 0 radical (unpaired) electrons. The van der Waals surface area contributed by atoms with Gasteiger partial charge < -0.3 is 19.7 Å². The topological polar surface area (TPSA) is 64.6 Å². The van der Waals surface area contributed by atoms with Crippen LogP contribution in [0.3, 0.4) is 0 Å². The molecular weight excluding hydrogens is 329 g/mol. The van der Waals surface area contributed by atoms with Gasteiger partial charge in [0.15, 0.2) is 0 Å². The molecule has 0 spiro atoms. The number of benzene rings is 2. The molecule has 0 amide bonds. The van der Waals surface area contributed by atoms with Gasteiger partial charge >= 0.3 is 23.1 Å². The molecule has 0 aliphatic rings. The smallest absolute Gasteiger partial charge is 0.872 e. The summed E-state index contributed by atoms with van der Waals surface area (Å²) in [6.45, 7) is 5.69. The van der Waals surface area contributed by atoms with Crippen molar-refractivity contribution in [2.75, 3.05) is 13.2 Å². The molecule has 0 unspecified atom stereocenters. The maximum Gasteiger partial charge on any atom is 2.00 e. The third-order valence-electron chi connectivity index (χ3n) is 3.18. The molecule has 0 saturated carbocycles. The molecule has 0 fully saturated rings. The van der Waals surface area contributed by atoms with E-state index in [4.69, 9.17) is 9.47 Å². The number of hydrogen-bond acceptors (Lipinski definition) is 4. The minimum atomic E-state index is 0. The summed E-state index contributed by atoms with van der Waals surface area (Å²) in [4.78, 5) is 0. The van der Waals surface area contributed by atoms with E-state index in [0.29, 0.717) is 0 Å². The van der Waals surface area contributed by atoms with Crippen LogP contribution in [-0.4, -0.2) is 36.3 Å². The van der Waals surface area contributed by atoms with Crippen molar-refractivity contribution in [3.63, 3.8) is 0 Å². The molecule has 0 aliphatic heterocycles. The first-order chi connectivity index (χ1) is 11.7. The first-order valence-corrected chi connectivity index (χ1v) is 8.45. The summed E-state index contributed by atoms with van der Waals surface area (Å²) >= 11 is 0. The molecule has 25 heavy (non-hydrogen) atoms. The van der Waals surface area contributed by atoms with Crippen molar-refractivity contribution in [2.24, 2.45) is 0 Å². The average Bonchev–Trinajstić information content (AvgIpc) is 2.59. The molecule has 2 aromatic carbocycles. The van der Waals surface area contributed by atoms with Gasteiger partial charge in [-0.3, -0.25) is 0 Å². The third kappa shape index (κ3) is 11.6. The molecular formula is C20H26MgO4. The fourth-order valence-electron chi connectivity index (χ4n) is 1.74. The van der Waals surface area contributed by atoms with Gasteiger partial charge in [0.25, 0.3) is 0 Å². The van der Waals surface area contributed by atoms with Gasteiger partial charge in [0.2, 0.25) is 0 Å². The predicted octanol–water partition coefficient (Wildman–Crippen LogP) is 3.50. The first kappa shape index (κ1) is 23.4. The molecule has 0 aliphatic carbocycles. The van der Waals surface area contributed by atoms with E-state index in [0.717, 1.165) is 50.4 Å². The second-order valence-corrected chi connectivity index (χ2v) is 5.35. The molecule has 132 valence electrons. The molecule has 2 rings (SSSR count). The van der Waals surface area contributed by atoms with Gasteiger partial charge in [0, 0.05) is 0 Å². The van der Waals surface area contributed by atoms with E-state index >= 15 is 0 Å². The van der Waals surface area contributed by atoms with Crippen molar-refractivity contribution in [3.8, 4) is 23.0 Å². The average molecular weight is 355 g/mol. The fraction of sp³-hybridized carbons (Fsp3) is 0.400. The number of rotatable bonds is 8. The van der Waals surface area contributed by atoms with Gasteiger partial charge in [0.05, 0.1) is 13.2 Å². The monoisotopic (exact) mass is 354 g/mol. The van der Waals surface area contributed by atoms with Crippen molar-refractivity contribution < 1.29 is 19.7 Å². The van der Waals surface area contributed by atoms with Crippen LogP contribution in [0.15, 0.2) is 48.5 Å². The normalized spacial score (nSPS) is 9.36. The van der Waals surface area contributed by atoms with Gasteiger partial charge in [-0.05, 0) is 37.1 Å². The van der Waals surface area contributed by atoms with Crippen molar-refractivity contribution in [2.45, 2.75) is 39.5 Å².